The number of hydrogen-bond acceptors (Lipinski definition) is 0. The number of allylic oxidation sites excluding steroid dienone is 3. The van der Waals surface area contributed by atoms with Crippen LogP contribution in [0.1, 0.15) is 26.7 Å². The molecule has 1 aliphatic rings. The van der Waals surface area contributed by atoms with Gasteiger partial charge in [-0.05, 0) is 18.8 Å². The molecule has 0 fully saturated rings. The fourth-order valence-electron chi connectivity index (χ4n) is 1.17. The van der Waals surface area contributed by atoms with Gasteiger partial charge in [-0.25, -0.2) is 0 Å². The fourth-order valence-corrected chi connectivity index (χ4v) is 1.17. The zero-order valence-electron chi connectivity index (χ0n) is 6.28. The third kappa shape index (κ3) is 1.44. The van der Waals surface area contributed by atoms with Gasteiger partial charge in [0.05, 0.1) is 0 Å². The Morgan fingerprint density at radius 3 is 2.33 bits per heavy atom. The van der Waals surface area contributed by atoms with Crippen molar-refractivity contribution in [3.05, 3.63) is 23.8 Å². The first-order valence-electron chi connectivity index (χ1n) is 3.58. The summed E-state index contributed by atoms with van der Waals surface area (Å²) < 4.78 is 0. The zero-order valence-corrected chi connectivity index (χ0v) is 6.28. The molecule has 0 aromatic carbocycles. The summed E-state index contributed by atoms with van der Waals surface area (Å²) in [4.78, 5) is 0. The third-order valence-electron chi connectivity index (χ3n) is 1.87. The van der Waals surface area contributed by atoms with Gasteiger partial charge in [-0.3, -0.25) is 0 Å². The van der Waals surface area contributed by atoms with E-state index >= 15 is 0 Å². The third-order valence-corrected chi connectivity index (χ3v) is 1.87. The van der Waals surface area contributed by atoms with Crippen LogP contribution in [-0.4, -0.2) is 0 Å². The largest absolute Gasteiger partial charge is 0.0958 e. The highest BCUT2D eigenvalue weighted by Gasteiger charge is 2.09. The van der Waals surface area contributed by atoms with Crippen LogP contribution in [0.4, 0.5) is 0 Å². The quantitative estimate of drug-likeness (QED) is 0.501. The molecular weight excluding hydrogens is 108 g/mol. The lowest BCUT2D eigenvalue weighted by Crippen LogP contribution is -1.88. The van der Waals surface area contributed by atoms with E-state index in [1.165, 1.54) is 18.4 Å². The average Bonchev–Trinajstić information content (AvgIpc) is 2.14. The van der Waals surface area contributed by atoms with Crippen molar-refractivity contribution in [3.63, 3.8) is 0 Å². The van der Waals surface area contributed by atoms with Crippen molar-refractivity contribution in [1.82, 2.24) is 0 Å². The average molecular weight is 122 g/mol. The van der Waals surface area contributed by atoms with Gasteiger partial charge in [-0.15, -0.1) is 0 Å². The summed E-state index contributed by atoms with van der Waals surface area (Å²) in [5.74, 6) is 0.726. The Morgan fingerprint density at radius 1 is 1.44 bits per heavy atom. The van der Waals surface area contributed by atoms with Crippen molar-refractivity contribution >= 4 is 0 Å². The molecule has 0 heterocycles. The topological polar surface area (TPSA) is 0 Å². The van der Waals surface area contributed by atoms with E-state index < -0.39 is 0 Å². The summed E-state index contributed by atoms with van der Waals surface area (Å²) in [7, 11) is 0. The van der Waals surface area contributed by atoms with Crippen LogP contribution in [0.15, 0.2) is 23.8 Å². The molecule has 0 atom stereocenters. The second kappa shape index (κ2) is 2.38. The molecule has 0 aromatic heterocycles. The van der Waals surface area contributed by atoms with Crippen molar-refractivity contribution in [2.45, 2.75) is 26.7 Å². The maximum Gasteiger partial charge on any atom is -0.0247 e. The molecule has 0 N–H and O–H groups in total. The van der Waals surface area contributed by atoms with Crippen LogP contribution in [0.25, 0.3) is 0 Å². The Bertz CT molecular complexity index is 149. The maximum absolute atomic E-state index is 3.91. The monoisotopic (exact) mass is 122 g/mol. The van der Waals surface area contributed by atoms with Gasteiger partial charge in [0.2, 0.25) is 0 Å². The van der Waals surface area contributed by atoms with E-state index in [2.05, 4.69) is 26.5 Å². The molecule has 0 aliphatic heterocycles. The highest BCUT2D eigenvalue weighted by molar-refractivity contribution is 5.28. The molecule has 1 rings (SSSR count). The lowest BCUT2D eigenvalue weighted by Gasteiger charge is -2.02. The van der Waals surface area contributed by atoms with Crippen LogP contribution in [0.3, 0.4) is 0 Å². The molecular formula is C9H14. The van der Waals surface area contributed by atoms with Crippen LogP contribution in [0, 0.1) is 5.92 Å². The molecule has 0 saturated carbocycles. The van der Waals surface area contributed by atoms with Gasteiger partial charge in [-0.2, -0.15) is 0 Å². The summed E-state index contributed by atoms with van der Waals surface area (Å²) in [5, 5.41) is 0. The van der Waals surface area contributed by atoms with E-state index in [0.717, 1.165) is 5.92 Å². The standard InChI is InChI=1S/C9H14/c1-7(2)9-5-4-8(3)6-9/h6-7H,3-5H2,1-2H3. The summed E-state index contributed by atoms with van der Waals surface area (Å²) in [5.41, 5.74) is 2.87. The first-order chi connectivity index (χ1) is 4.20. The lowest BCUT2D eigenvalue weighted by atomic mass is 10.0. The van der Waals surface area contributed by atoms with Gasteiger partial charge < -0.3 is 0 Å². The van der Waals surface area contributed by atoms with Gasteiger partial charge in [-0.1, -0.05) is 37.6 Å². The molecule has 0 saturated heterocycles. The molecule has 0 amide bonds. The van der Waals surface area contributed by atoms with Gasteiger partial charge in [0.15, 0.2) is 0 Å². The Labute approximate surface area is 57.3 Å². The van der Waals surface area contributed by atoms with Crippen molar-refractivity contribution in [3.8, 4) is 0 Å². The fraction of sp³-hybridized carbons (Fsp3) is 0.556. The summed E-state index contributed by atoms with van der Waals surface area (Å²) >= 11 is 0. The van der Waals surface area contributed by atoms with Gasteiger partial charge in [0.1, 0.15) is 0 Å². The summed E-state index contributed by atoms with van der Waals surface area (Å²) in [6, 6.07) is 0. The lowest BCUT2D eigenvalue weighted by molar-refractivity contribution is 0.732. The SMILES string of the molecule is C=C1C=C(C(C)C)CC1. The Balaban J connectivity index is 2.62. The van der Waals surface area contributed by atoms with E-state index in [9.17, 15) is 0 Å². The van der Waals surface area contributed by atoms with E-state index in [0.29, 0.717) is 0 Å². The number of rotatable bonds is 1. The second-order valence-corrected chi connectivity index (χ2v) is 3.03. The van der Waals surface area contributed by atoms with E-state index in [1.54, 1.807) is 5.57 Å². The molecule has 9 heavy (non-hydrogen) atoms. The molecule has 1 aliphatic carbocycles. The Morgan fingerprint density at radius 2 is 2.11 bits per heavy atom. The molecule has 0 nitrogen and oxygen atoms in total. The van der Waals surface area contributed by atoms with Crippen LogP contribution in [-0.2, 0) is 0 Å². The van der Waals surface area contributed by atoms with Crippen LogP contribution < -0.4 is 0 Å². The maximum atomic E-state index is 3.91. The summed E-state index contributed by atoms with van der Waals surface area (Å²) in [6.45, 7) is 8.39. The molecule has 0 spiro atoms. The highest BCUT2D eigenvalue weighted by Crippen LogP contribution is 2.26. The highest BCUT2D eigenvalue weighted by atomic mass is 14.1. The molecule has 0 aromatic rings. The molecule has 0 radical (unpaired) electrons. The van der Waals surface area contributed by atoms with Crippen molar-refractivity contribution in [2.75, 3.05) is 0 Å². The normalized spacial score (nSPS) is 19.0. The van der Waals surface area contributed by atoms with Crippen LogP contribution >= 0.6 is 0 Å². The Kier molecular flexibility index (Phi) is 1.75. The van der Waals surface area contributed by atoms with Gasteiger partial charge in [0.25, 0.3) is 0 Å². The van der Waals surface area contributed by atoms with Crippen molar-refractivity contribution in [2.24, 2.45) is 5.92 Å². The van der Waals surface area contributed by atoms with Crippen molar-refractivity contribution in [1.29, 1.82) is 0 Å². The second-order valence-electron chi connectivity index (χ2n) is 3.03. The molecule has 0 bridgehead atoms. The first kappa shape index (κ1) is 6.60. The molecule has 0 unspecified atom stereocenters. The van der Waals surface area contributed by atoms with E-state index in [4.69, 9.17) is 0 Å². The number of hydrogen-bond donors (Lipinski definition) is 0. The Hall–Kier alpha value is -0.520. The van der Waals surface area contributed by atoms with Gasteiger partial charge in [0, 0.05) is 0 Å². The zero-order chi connectivity index (χ0) is 6.85. The molecule has 0 heteroatoms. The first-order valence-corrected chi connectivity index (χ1v) is 3.58. The van der Waals surface area contributed by atoms with Crippen LogP contribution in [0.5, 0.6) is 0 Å². The summed E-state index contributed by atoms with van der Waals surface area (Å²) in [6.07, 6.45) is 4.68. The van der Waals surface area contributed by atoms with Gasteiger partial charge >= 0.3 is 0 Å². The van der Waals surface area contributed by atoms with Crippen LogP contribution in [0.2, 0.25) is 0 Å². The van der Waals surface area contributed by atoms with E-state index in [1.807, 2.05) is 0 Å². The van der Waals surface area contributed by atoms with Crippen molar-refractivity contribution < 1.29 is 0 Å². The molecule has 50 valence electrons. The minimum absolute atomic E-state index is 0.726. The smallest absolute Gasteiger partial charge is 0.0247 e. The minimum atomic E-state index is 0.726. The minimum Gasteiger partial charge on any atom is -0.0958 e. The predicted molar refractivity (Wildman–Crippen MR) is 41.3 cm³/mol. The predicted octanol–water partition coefficient (Wildman–Crippen LogP) is 2.92. The van der Waals surface area contributed by atoms with E-state index in [-0.39, 0.29) is 0 Å².